The summed E-state index contributed by atoms with van der Waals surface area (Å²) in [5.41, 5.74) is 4.99. The molecular weight excluding hydrogens is 418 g/mol. The highest BCUT2D eigenvalue weighted by Gasteiger charge is 2.17. The number of nitrogens with zero attached hydrogens (tertiary/aromatic N) is 6. The van der Waals surface area contributed by atoms with Crippen molar-refractivity contribution >= 4 is 17.0 Å². The molecule has 0 aliphatic carbocycles. The fourth-order valence-electron chi connectivity index (χ4n) is 3.31. The van der Waals surface area contributed by atoms with Crippen molar-refractivity contribution in [1.29, 1.82) is 0 Å². The van der Waals surface area contributed by atoms with Gasteiger partial charge in [-0.15, -0.1) is 15.3 Å². The van der Waals surface area contributed by atoms with Crippen LogP contribution >= 0.6 is 0 Å². The third-order valence-electron chi connectivity index (χ3n) is 4.83. The Morgan fingerprint density at radius 1 is 1.06 bits per heavy atom. The van der Waals surface area contributed by atoms with Gasteiger partial charge in [-0.25, -0.2) is 9.67 Å². The van der Waals surface area contributed by atoms with Crippen molar-refractivity contribution < 1.29 is 13.2 Å². The monoisotopic (exact) mass is 436 g/mol. The Morgan fingerprint density at radius 2 is 1.88 bits per heavy atom. The maximum atomic E-state index is 12.6. The van der Waals surface area contributed by atoms with E-state index < -0.39 is 12.3 Å². The second-order valence-corrected chi connectivity index (χ2v) is 7.09. The maximum Gasteiger partial charge on any atom is 0.314 e. The highest BCUT2D eigenvalue weighted by atomic mass is 19.3. The molecule has 32 heavy (non-hydrogen) atoms. The van der Waals surface area contributed by atoms with Crippen LogP contribution in [0.4, 0.5) is 14.7 Å². The Morgan fingerprint density at radius 3 is 2.62 bits per heavy atom. The maximum absolute atomic E-state index is 12.6. The molecule has 0 aliphatic heterocycles. The first-order valence-corrected chi connectivity index (χ1v) is 9.94. The number of rotatable bonds is 7. The van der Waals surface area contributed by atoms with Gasteiger partial charge in [0.15, 0.2) is 0 Å². The first-order valence-electron chi connectivity index (χ1n) is 9.94. The summed E-state index contributed by atoms with van der Waals surface area (Å²) in [5.74, 6) is 0.101. The molecule has 5 aromatic rings. The van der Waals surface area contributed by atoms with Gasteiger partial charge in [-0.1, -0.05) is 23.4 Å². The first kappa shape index (κ1) is 19.8. The summed E-state index contributed by atoms with van der Waals surface area (Å²) >= 11 is 0. The van der Waals surface area contributed by atoms with Crippen molar-refractivity contribution in [1.82, 2.24) is 35.2 Å². The highest BCUT2D eigenvalue weighted by Crippen LogP contribution is 2.25. The summed E-state index contributed by atoms with van der Waals surface area (Å²) in [6.07, 6.45) is -0.926. The normalized spacial score (nSPS) is 11.5. The number of hydrogen-bond acceptors (Lipinski definition) is 7. The van der Waals surface area contributed by atoms with E-state index >= 15 is 0 Å². The molecular formula is C21H18F2N8O. The Bertz CT molecular complexity index is 1360. The molecule has 0 saturated carbocycles. The number of nitrogens with one attached hydrogen (secondary N) is 2. The van der Waals surface area contributed by atoms with Gasteiger partial charge in [0.1, 0.15) is 5.69 Å². The average molecular weight is 436 g/mol. The summed E-state index contributed by atoms with van der Waals surface area (Å²) in [5, 5.41) is 18.6. The number of aromatic nitrogens is 7. The van der Waals surface area contributed by atoms with Crippen molar-refractivity contribution in [3.8, 4) is 22.7 Å². The summed E-state index contributed by atoms with van der Waals surface area (Å²) in [4.78, 5) is 7.72. The molecule has 162 valence electrons. The van der Waals surface area contributed by atoms with Crippen molar-refractivity contribution in [2.75, 3.05) is 11.9 Å². The largest absolute Gasteiger partial charge is 0.415 e. The minimum Gasteiger partial charge on any atom is -0.415 e. The zero-order valence-electron chi connectivity index (χ0n) is 17.0. The predicted octanol–water partition coefficient (Wildman–Crippen LogP) is 4.29. The molecule has 0 radical (unpaired) electrons. The van der Waals surface area contributed by atoms with Crippen LogP contribution in [0.3, 0.4) is 0 Å². The van der Waals surface area contributed by atoms with Crippen LogP contribution in [0.25, 0.3) is 33.7 Å². The minimum atomic E-state index is -2.79. The number of imidazole rings is 1. The second kappa shape index (κ2) is 8.17. The van der Waals surface area contributed by atoms with Crippen LogP contribution in [-0.4, -0.2) is 41.7 Å². The van der Waals surface area contributed by atoms with Gasteiger partial charge >= 0.3 is 6.43 Å². The lowest BCUT2D eigenvalue weighted by atomic mass is 10.1. The van der Waals surface area contributed by atoms with E-state index in [0.717, 1.165) is 40.3 Å². The zero-order valence-corrected chi connectivity index (χ0v) is 17.0. The van der Waals surface area contributed by atoms with E-state index in [1.807, 2.05) is 43.5 Å². The number of hydrogen-bond donors (Lipinski definition) is 2. The fraction of sp³-hybridized carbons (Fsp3) is 0.190. The fourth-order valence-corrected chi connectivity index (χ4v) is 3.31. The van der Waals surface area contributed by atoms with Gasteiger partial charge in [0.2, 0.25) is 11.8 Å². The lowest BCUT2D eigenvalue weighted by Gasteiger charge is -2.02. The molecule has 0 aliphatic rings. The van der Waals surface area contributed by atoms with E-state index in [1.54, 1.807) is 16.8 Å². The standard InChI is InChI=1S/C21H18F2N8O/c1-2-24-21-25-15-8-7-14(9-16(15)26-21)17-11-31(30-27-17)10-12-3-5-13(6-4-12)19-28-29-20(32-19)18(22)23/h3-9,11,18H,2,10H2,1H3,(H2,24,25,26). The van der Waals surface area contributed by atoms with Gasteiger partial charge in [-0.2, -0.15) is 8.78 Å². The Hall–Kier alpha value is -4.15. The summed E-state index contributed by atoms with van der Waals surface area (Å²) in [6.45, 7) is 3.29. The predicted molar refractivity (Wildman–Crippen MR) is 113 cm³/mol. The van der Waals surface area contributed by atoms with Gasteiger partial charge in [0, 0.05) is 17.7 Å². The number of fused-ring (bicyclic) bond motifs is 1. The summed E-state index contributed by atoms with van der Waals surface area (Å²) < 4.78 is 31.9. The third kappa shape index (κ3) is 3.92. The van der Waals surface area contributed by atoms with Crippen LogP contribution < -0.4 is 5.32 Å². The SMILES string of the molecule is CCNc1nc2ccc(-c3cn(Cc4ccc(-c5nnc(C(F)F)o5)cc4)nn3)cc2[nH]1. The van der Waals surface area contributed by atoms with Crippen molar-refractivity contribution in [3.05, 3.63) is 60.1 Å². The first-order chi connectivity index (χ1) is 15.6. The lowest BCUT2D eigenvalue weighted by molar-refractivity contribution is 0.116. The second-order valence-electron chi connectivity index (χ2n) is 7.09. The van der Waals surface area contributed by atoms with Gasteiger partial charge in [0.25, 0.3) is 5.89 Å². The topological polar surface area (TPSA) is 110 Å². The van der Waals surface area contributed by atoms with Crippen LogP contribution in [0.1, 0.15) is 24.8 Å². The Balaban J connectivity index is 1.31. The summed E-state index contributed by atoms with van der Waals surface area (Å²) in [6, 6.07) is 13.1. The van der Waals surface area contributed by atoms with Gasteiger partial charge in [-0.05, 0) is 36.8 Å². The Kier molecular flexibility index (Phi) is 5.06. The molecule has 0 amide bonds. The molecule has 0 saturated heterocycles. The van der Waals surface area contributed by atoms with E-state index in [2.05, 4.69) is 35.8 Å². The molecule has 5 rings (SSSR count). The van der Waals surface area contributed by atoms with E-state index in [-0.39, 0.29) is 5.89 Å². The van der Waals surface area contributed by atoms with Crippen LogP contribution in [0.2, 0.25) is 0 Å². The minimum absolute atomic E-state index is 0.0568. The molecule has 0 unspecified atom stereocenters. The van der Waals surface area contributed by atoms with Gasteiger partial charge in [-0.3, -0.25) is 0 Å². The molecule has 3 aromatic heterocycles. The molecule has 0 spiro atoms. The summed E-state index contributed by atoms with van der Waals surface area (Å²) in [7, 11) is 0. The number of anilines is 1. The molecule has 0 fully saturated rings. The molecule has 2 aromatic carbocycles. The van der Waals surface area contributed by atoms with Crippen LogP contribution in [0.5, 0.6) is 0 Å². The van der Waals surface area contributed by atoms with Crippen LogP contribution in [0, 0.1) is 0 Å². The lowest BCUT2D eigenvalue weighted by Crippen LogP contribution is -2.00. The molecule has 0 bridgehead atoms. The smallest absolute Gasteiger partial charge is 0.314 e. The average Bonchev–Trinajstić information content (AvgIpc) is 3.53. The van der Waals surface area contributed by atoms with E-state index in [4.69, 9.17) is 4.42 Å². The number of benzene rings is 2. The van der Waals surface area contributed by atoms with E-state index in [1.165, 1.54) is 0 Å². The Labute approximate surface area is 180 Å². The van der Waals surface area contributed by atoms with Gasteiger partial charge < -0.3 is 14.7 Å². The molecule has 9 nitrogen and oxygen atoms in total. The third-order valence-corrected chi connectivity index (χ3v) is 4.83. The molecule has 2 N–H and O–H groups in total. The number of H-pyrrole nitrogens is 1. The van der Waals surface area contributed by atoms with Gasteiger partial charge in [0.05, 0.1) is 23.8 Å². The molecule has 0 atom stereocenters. The van der Waals surface area contributed by atoms with E-state index in [0.29, 0.717) is 12.1 Å². The zero-order chi connectivity index (χ0) is 22.1. The number of halogens is 2. The molecule has 3 heterocycles. The quantitative estimate of drug-likeness (QED) is 0.392. The van der Waals surface area contributed by atoms with Crippen molar-refractivity contribution in [2.24, 2.45) is 0 Å². The molecule has 11 heteroatoms. The van der Waals surface area contributed by atoms with Crippen LogP contribution in [-0.2, 0) is 6.54 Å². The van der Waals surface area contributed by atoms with Crippen LogP contribution in [0.15, 0.2) is 53.1 Å². The van der Waals surface area contributed by atoms with Crippen molar-refractivity contribution in [3.63, 3.8) is 0 Å². The van der Waals surface area contributed by atoms with E-state index in [9.17, 15) is 8.78 Å². The number of aromatic amines is 1. The van der Waals surface area contributed by atoms with Crippen molar-refractivity contribution in [2.45, 2.75) is 19.9 Å². The number of alkyl halides is 2. The highest BCUT2D eigenvalue weighted by molar-refractivity contribution is 5.82.